The average Bonchev–Trinajstić information content (AvgIpc) is 2.55. The number of aromatic nitrogens is 2. The van der Waals surface area contributed by atoms with Crippen molar-refractivity contribution in [2.75, 3.05) is 19.4 Å². The van der Waals surface area contributed by atoms with Crippen LogP contribution in [-0.2, 0) is 0 Å². The summed E-state index contributed by atoms with van der Waals surface area (Å²) >= 11 is 6.14. The van der Waals surface area contributed by atoms with Crippen LogP contribution in [0.3, 0.4) is 0 Å². The van der Waals surface area contributed by atoms with Gasteiger partial charge in [-0.05, 0) is 24.1 Å². The molecule has 2 aromatic rings. The van der Waals surface area contributed by atoms with Crippen molar-refractivity contribution in [3.63, 3.8) is 0 Å². The average molecular weight is 347 g/mol. The number of carbonyl (C=O) groups excluding carboxylic acids is 2. The van der Waals surface area contributed by atoms with Crippen molar-refractivity contribution in [1.82, 2.24) is 14.9 Å². The minimum absolute atomic E-state index is 0.0749. The summed E-state index contributed by atoms with van der Waals surface area (Å²) in [6.07, 6.45) is 2.88. The number of nitrogens with one attached hydrogen (secondary N) is 1. The van der Waals surface area contributed by atoms with E-state index in [0.717, 1.165) is 0 Å². The molecule has 2 rings (SSSR count). The van der Waals surface area contributed by atoms with Crippen LogP contribution >= 0.6 is 11.6 Å². The molecule has 24 heavy (non-hydrogen) atoms. The largest absolute Gasteiger partial charge is 0.345 e. The Bertz CT molecular complexity index is 775. The Hall–Kier alpha value is -2.47. The van der Waals surface area contributed by atoms with Crippen LogP contribution in [0.1, 0.15) is 46.2 Å². The molecule has 0 spiro atoms. The van der Waals surface area contributed by atoms with Crippen molar-refractivity contribution in [3.8, 4) is 0 Å². The van der Waals surface area contributed by atoms with Gasteiger partial charge in [-0.1, -0.05) is 25.4 Å². The van der Waals surface area contributed by atoms with Gasteiger partial charge < -0.3 is 10.2 Å². The van der Waals surface area contributed by atoms with Crippen LogP contribution in [-0.4, -0.2) is 40.8 Å². The van der Waals surface area contributed by atoms with Crippen molar-refractivity contribution in [2.45, 2.75) is 19.8 Å². The highest BCUT2D eigenvalue weighted by molar-refractivity contribution is 6.34. The van der Waals surface area contributed by atoms with Crippen molar-refractivity contribution in [2.24, 2.45) is 0 Å². The zero-order chi connectivity index (χ0) is 17.9. The molecule has 1 heterocycles. The number of nitrogens with zero attached hydrogens (tertiary/aromatic N) is 3. The third kappa shape index (κ3) is 3.89. The summed E-state index contributed by atoms with van der Waals surface area (Å²) < 4.78 is 0. The second-order valence-electron chi connectivity index (χ2n) is 5.82. The minimum atomic E-state index is -0.365. The Morgan fingerprint density at radius 1 is 1.25 bits per heavy atom. The lowest BCUT2D eigenvalue weighted by Crippen LogP contribution is -2.22. The first-order valence-corrected chi connectivity index (χ1v) is 7.81. The van der Waals surface area contributed by atoms with Crippen molar-refractivity contribution in [1.29, 1.82) is 0 Å². The number of hydrogen-bond donors (Lipinski definition) is 1. The number of amides is 2. The molecule has 6 nitrogen and oxygen atoms in total. The van der Waals surface area contributed by atoms with Gasteiger partial charge in [-0.3, -0.25) is 9.59 Å². The molecule has 2 amide bonds. The van der Waals surface area contributed by atoms with Gasteiger partial charge in [-0.15, -0.1) is 0 Å². The predicted molar refractivity (Wildman–Crippen MR) is 93.5 cm³/mol. The third-order valence-electron chi connectivity index (χ3n) is 3.40. The van der Waals surface area contributed by atoms with E-state index in [1.807, 2.05) is 13.8 Å². The van der Waals surface area contributed by atoms with E-state index in [1.165, 1.54) is 17.4 Å². The van der Waals surface area contributed by atoms with Gasteiger partial charge in [0.05, 0.1) is 22.0 Å². The van der Waals surface area contributed by atoms with Gasteiger partial charge in [0, 0.05) is 25.9 Å². The number of anilines is 1. The Labute approximate surface area is 145 Å². The number of hydrogen-bond acceptors (Lipinski definition) is 4. The maximum absolute atomic E-state index is 12.6. The van der Waals surface area contributed by atoms with E-state index in [-0.39, 0.29) is 17.7 Å². The third-order valence-corrected chi connectivity index (χ3v) is 3.73. The Balaban J connectivity index is 2.33. The standard InChI is InChI=1S/C17H19ClN4O2/c1-10(2)15-12(8-19-9-20-15)16(23)21-14-7-11(5-6-13(14)18)17(24)22(3)4/h5-10H,1-4H3,(H,21,23). The van der Waals surface area contributed by atoms with Gasteiger partial charge in [0.25, 0.3) is 11.8 Å². The Kier molecular flexibility index (Phi) is 5.51. The van der Waals surface area contributed by atoms with E-state index < -0.39 is 0 Å². The molecule has 1 aromatic carbocycles. The van der Waals surface area contributed by atoms with Gasteiger partial charge in [0.2, 0.25) is 0 Å². The van der Waals surface area contributed by atoms with Crippen LogP contribution in [0.4, 0.5) is 5.69 Å². The normalized spacial score (nSPS) is 10.6. The van der Waals surface area contributed by atoms with Crippen LogP contribution in [0.25, 0.3) is 0 Å². The van der Waals surface area contributed by atoms with Crippen LogP contribution in [0.15, 0.2) is 30.7 Å². The smallest absolute Gasteiger partial charge is 0.259 e. The highest BCUT2D eigenvalue weighted by Crippen LogP contribution is 2.25. The molecule has 0 fully saturated rings. The lowest BCUT2D eigenvalue weighted by atomic mass is 10.0. The first-order chi connectivity index (χ1) is 11.3. The predicted octanol–water partition coefficient (Wildman–Crippen LogP) is 3.21. The monoisotopic (exact) mass is 346 g/mol. The zero-order valence-electron chi connectivity index (χ0n) is 14.0. The summed E-state index contributed by atoms with van der Waals surface area (Å²) in [4.78, 5) is 34.2. The first-order valence-electron chi connectivity index (χ1n) is 7.43. The summed E-state index contributed by atoms with van der Waals surface area (Å²) in [5.74, 6) is -0.463. The lowest BCUT2D eigenvalue weighted by Gasteiger charge is -2.14. The maximum Gasteiger partial charge on any atom is 0.259 e. The molecule has 0 bridgehead atoms. The fourth-order valence-electron chi connectivity index (χ4n) is 2.18. The Morgan fingerprint density at radius 3 is 2.58 bits per heavy atom. The van der Waals surface area contributed by atoms with E-state index in [2.05, 4.69) is 15.3 Å². The fourth-order valence-corrected chi connectivity index (χ4v) is 2.34. The molecule has 0 saturated heterocycles. The molecule has 1 N–H and O–H groups in total. The van der Waals surface area contributed by atoms with Crippen LogP contribution in [0.2, 0.25) is 5.02 Å². The molecule has 1 aromatic heterocycles. The summed E-state index contributed by atoms with van der Waals surface area (Å²) in [6.45, 7) is 3.89. The van der Waals surface area contributed by atoms with E-state index in [1.54, 1.807) is 32.3 Å². The number of halogens is 1. The number of carbonyl (C=O) groups is 2. The van der Waals surface area contributed by atoms with Crippen molar-refractivity contribution >= 4 is 29.1 Å². The second-order valence-corrected chi connectivity index (χ2v) is 6.23. The molecule has 0 aliphatic heterocycles. The molecule has 0 atom stereocenters. The van der Waals surface area contributed by atoms with E-state index in [4.69, 9.17) is 11.6 Å². The molecule has 0 aliphatic rings. The van der Waals surface area contributed by atoms with Gasteiger partial charge in [0.15, 0.2) is 0 Å². The summed E-state index contributed by atoms with van der Waals surface area (Å²) in [6, 6.07) is 4.76. The van der Waals surface area contributed by atoms with Gasteiger partial charge in [0.1, 0.15) is 6.33 Å². The molecule has 0 unspecified atom stereocenters. The maximum atomic E-state index is 12.6. The number of benzene rings is 1. The molecular weight excluding hydrogens is 328 g/mol. The molecule has 0 radical (unpaired) electrons. The fraction of sp³-hybridized carbons (Fsp3) is 0.294. The van der Waals surface area contributed by atoms with E-state index in [9.17, 15) is 9.59 Å². The van der Waals surface area contributed by atoms with Crippen LogP contribution in [0, 0.1) is 0 Å². The van der Waals surface area contributed by atoms with Crippen LogP contribution < -0.4 is 5.32 Å². The highest BCUT2D eigenvalue weighted by atomic mass is 35.5. The van der Waals surface area contributed by atoms with Gasteiger partial charge in [-0.2, -0.15) is 0 Å². The van der Waals surface area contributed by atoms with E-state index in [0.29, 0.717) is 27.5 Å². The highest BCUT2D eigenvalue weighted by Gasteiger charge is 2.18. The molecular formula is C17H19ClN4O2. The van der Waals surface area contributed by atoms with Crippen molar-refractivity contribution < 1.29 is 9.59 Å². The summed E-state index contributed by atoms with van der Waals surface area (Å²) in [7, 11) is 3.32. The minimum Gasteiger partial charge on any atom is -0.345 e. The molecule has 0 aliphatic carbocycles. The van der Waals surface area contributed by atoms with Gasteiger partial charge >= 0.3 is 0 Å². The number of rotatable bonds is 4. The summed E-state index contributed by atoms with van der Waals surface area (Å²) in [5.41, 5.74) is 1.84. The molecule has 126 valence electrons. The summed E-state index contributed by atoms with van der Waals surface area (Å²) in [5, 5.41) is 3.08. The van der Waals surface area contributed by atoms with Crippen molar-refractivity contribution in [3.05, 3.63) is 52.6 Å². The first kappa shape index (κ1) is 17.9. The molecule has 0 saturated carbocycles. The SMILES string of the molecule is CC(C)c1ncncc1C(=O)Nc1cc(C(=O)N(C)C)ccc1Cl. The van der Waals surface area contributed by atoms with Gasteiger partial charge in [-0.25, -0.2) is 9.97 Å². The Morgan fingerprint density at radius 2 is 1.96 bits per heavy atom. The topological polar surface area (TPSA) is 75.2 Å². The van der Waals surface area contributed by atoms with Crippen LogP contribution in [0.5, 0.6) is 0 Å². The second kappa shape index (κ2) is 7.40. The zero-order valence-corrected chi connectivity index (χ0v) is 14.8. The van der Waals surface area contributed by atoms with E-state index >= 15 is 0 Å². The quantitative estimate of drug-likeness (QED) is 0.922. The lowest BCUT2D eigenvalue weighted by molar-refractivity contribution is 0.0827. The molecule has 7 heteroatoms.